The molecule has 72 heavy (non-hydrogen) atoms. The molecule has 2 nitrogen and oxygen atoms in total. The number of benzene rings is 11. The summed E-state index contributed by atoms with van der Waals surface area (Å²) in [5, 5.41) is 2.27. The van der Waals surface area contributed by atoms with Crippen LogP contribution in [0, 0.1) is 0 Å². The Labute approximate surface area is 419 Å². The second-order valence-corrected chi connectivity index (χ2v) is 20.3. The fourth-order valence-corrected chi connectivity index (χ4v) is 13.1. The summed E-state index contributed by atoms with van der Waals surface area (Å²) >= 11 is 0. The van der Waals surface area contributed by atoms with Crippen LogP contribution in [0.1, 0.15) is 47.2 Å². The van der Waals surface area contributed by atoms with Crippen molar-refractivity contribution in [3.05, 3.63) is 282 Å². The highest BCUT2D eigenvalue weighted by Gasteiger charge is 2.52. The van der Waals surface area contributed by atoms with Gasteiger partial charge in [-0.15, -0.1) is 0 Å². The maximum absolute atomic E-state index is 6.68. The van der Waals surface area contributed by atoms with Crippen molar-refractivity contribution in [1.29, 1.82) is 0 Å². The van der Waals surface area contributed by atoms with Gasteiger partial charge in [-0.05, 0) is 131 Å². The topological polar surface area (TPSA) is 16.4 Å². The lowest BCUT2D eigenvalue weighted by Crippen LogP contribution is -2.25. The molecule has 0 N–H and O–H groups in total. The van der Waals surface area contributed by atoms with Gasteiger partial charge in [-0.3, -0.25) is 0 Å². The Balaban J connectivity index is 0.952. The highest BCUT2D eigenvalue weighted by molar-refractivity contribution is 6.10. The SMILES string of the molecule is CC1(C)c2ccccc2-c2ccc(N(c3ccc(-c4ccccc4)cc3)c3ccccc3-c3cccc4c3-c3ccccc3C43c4ccccc4-c4ccc(-c5cccc6c5oc5ccccc56)cc43)cc21. The normalized spacial score (nSPS) is 15.2. The Hall–Kier alpha value is -8.98. The Bertz CT molecular complexity index is 4190. The van der Waals surface area contributed by atoms with Gasteiger partial charge in [0, 0.05) is 38.7 Å². The molecule has 1 spiro atoms. The van der Waals surface area contributed by atoms with E-state index < -0.39 is 5.41 Å². The highest BCUT2D eigenvalue weighted by atomic mass is 16.3. The van der Waals surface area contributed by atoms with E-state index in [-0.39, 0.29) is 5.41 Å². The van der Waals surface area contributed by atoms with Crippen LogP contribution >= 0.6 is 0 Å². The molecule has 0 saturated heterocycles. The van der Waals surface area contributed by atoms with Gasteiger partial charge >= 0.3 is 0 Å². The zero-order chi connectivity index (χ0) is 47.7. The Morgan fingerprint density at radius 2 is 0.847 bits per heavy atom. The van der Waals surface area contributed by atoms with E-state index in [1.54, 1.807) is 0 Å². The molecule has 338 valence electrons. The molecule has 3 aliphatic carbocycles. The zero-order valence-electron chi connectivity index (χ0n) is 40.0. The third-order valence-electron chi connectivity index (χ3n) is 16.3. The third kappa shape index (κ3) is 5.61. The van der Waals surface area contributed by atoms with Crippen molar-refractivity contribution in [2.45, 2.75) is 24.7 Å². The van der Waals surface area contributed by atoms with Crippen LogP contribution in [0.4, 0.5) is 17.1 Å². The molecule has 0 fully saturated rings. The van der Waals surface area contributed by atoms with Crippen LogP contribution < -0.4 is 4.90 Å². The second-order valence-electron chi connectivity index (χ2n) is 20.3. The first kappa shape index (κ1) is 40.9. The summed E-state index contributed by atoms with van der Waals surface area (Å²) in [5.74, 6) is 0. The Morgan fingerprint density at radius 1 is 0.319 bits per heavy atom. The van der Waals surface area contributed by atoms with Gasteiger partial charge in [0.05, 0.1) is 11.1 Å². The molecule has 15 rings (SSSR count). The van der Waals surface area contributed by atoms with Crippen molar-refractivity contribution in [2.75, 3.05) is 4.90 Å². The number of fused-ring (bicyclic) bond motifs is 16. The van der Waals surface area contributed by atoms with E-state index in [2.05, 4.69) is 267 Å². The lowest BCUT2D eigenvalue weighted by atomic mass is 9.70. The molecule has 1 atom stereocenters. The first-order valence-corrected chi connectivity index (χ1v) is 25.2. The van der Waals surface area contributed by atoms with Crippen molar-refractivity contribution in [3.8, 4) is 66.8 Å². The minimum absolute atomic E-state index is 0.158. The number of para-hydroxylation sites is 3. The maximum Gasteiger partial charge on any atom is 0.143 e. The van der Waals surface area contributed by atoms with E-state index in [1.165, 1.54) is 89.0 Å². The lowest BCUT2D eigenvalue weighted by molar-refractivity contribution is 0.660. The predicted octanol–water partition coefficient (Wildman–Crippen LogP) is 18.7. The van der Waals surface area contributed by atoms with Gasteiger partial charge in [-0.1, -0.05) is 220 Å². The van der Waals surface area contributed by atoms with Crippen LogP contribution in [-0.2, 0) is 10.8 Å². The average Bonchev–Trinajstić information content (AvgIpc) is 4.14. The molecule has 1 unspecified atom stereocenters. The zero-order valence-corrected chi connectivity index (χ0v) is 40.0. The fraction of sp³-hybridized carbons (Fsp3) is 0.0571. The Morgan fingerprint density at radius 3 is 1.67 bits per heavy atom. The first-order valence-electron chi connectivity index (χ1n) is 25.2. The number of furan rings is 1. The van der Waals surface area contributed by atoms with E-state index in [1.807, 2.05) is 0 Å². The third-order valence-corrected chi connectivity index (χ3v) is 16.3. The summed E-state index contributed by atoms with van der Waals surface area (Å²) in [7, 11) is 0. The second kappa shape index (κ2) is 15.3. The number of hydrogen-bond acceptors (Lipinski definition) is 2. The molecule has 0 aliphatic heterocycles. The molecular formula is C70H47NO. The molecule has 1 aromatic heterocycles. The molecule has 3 aliphatic rings. The molecule has 0 bridgehead atoms. The van der Waals surface area contributed by atoms with Crippen LogP contribution in [-0.4, -0.2) is 0 Å². The highest BCUT2D eigenvalue weighted by Crippen LogP contribution is 2.65. The van der Waals surface area contributed by atoms with Crippen LogP contribution in [0.3, 0.4) is 0 Å². The summed E-state index contributed by atoms with van der Waals surface area (Å²) in [4.78, 5) is 2.49. The molecule has 12 aromatic rings. The van der Waals surface area contributed by atoms with E-state index in [9.17, 15) is 0 Å². The number of anilines is 3. The van der Waals surface area contributed by atoms with Gasteiger partial charge in [0.25, 0.3) is 0 Å². The molecule has 0 amide bonds. The largest absolute Gasteiger partial charge is 0.455 e. The summed E-state index contributed by atoms with van der Waals surface area (Å²) in [5.41, 5.74) is 27.2. The van der Waals surface area contributed by atoms with Crippen molar-refractivity contribution >= 4 is 39.0 Å². The number of nitrogens with zero attached hydrogens (tertiary/aromatic N) is 1. The van der Waals surface area contributed by atoms with Crippen LogP contribution in [0.25, 0.3) is 88.7 Å². The van der Waals surface area contributed by atoms with Crippen molar-refractivity contribution in [1.82, 2.24) is 0 Å². The Kier molecular flexibility index (Phi) is 8.66. The average molecular weight is 918 g/mol. The van der Waals surface area contributed by atoms with E-state index in [4.69, 9.17) is 4.42 Å². The van der Waals surface area contributed by atoms with Gasteiger partial charge in [-0.25, -0.2) is 0 Å². The van der Waals surface area contributed by atoms with Gasteiger partial charge < -0.3 is 9.32 Å². The molecular weight excluding hydrogens is 871 g/mol. The number of rotatable bonds is 6. The number of hydrogen-bond donors (Lipinski definition) is 0. The van der Waals surface area contributed by atoms with Crippen LogP contribution in [0.2, 0.25) is 0 Å². The van der Waals surface area contributed by atoms with Crippen molar-refractivity contribution in [2.24, 2.45) is 0 Å². The smallest absolute Gasteiger partial charge is 0.143 e. The quantitative estimate of drug-likeness (QED) is 0.165. The van der Waals surface area contributed by atoms with E-state index >= 15 is 0 Å². The van der Waals surface area contributed by atoms with Gasteiger partial charge in [0.1, 0.15) is 11.2 Å². The monoisotopic (exact) mass is 917 g/mol. The van der Waals surface area contributed by atoms with Gasteiger partial charge in [0.15, 0.2) is 0 Å². The minimum atomic E-state index is -0.561. The standard InChI is InChI=1S/C70H47NO/c1-69(2)59-28-11-6-20-50(59)52-41-39-48(43-63(52)69)71(47-37-34-45(35-38-47)44-18-4-3-5-19-44)65-32-14-9-22-54(65)56-26-17-31-62-67(56)58-24-8-13-30-61(58)70(62)60-29-12-7-21-51(60)53-40-36-46(42-64(53)70)49-25-16-27-57-55-23-10-15-33-66(55)72-68(49)57/h3-43H,1-2H3. The minimum Gasteiger partial charge on any atom is -0.455 e. The summed E-state index contributed by atoms with van der Waals surface area (Å²) in [6, 6.07) is 92.3. The molecule has 0 radical (unpaired) electrons. The molecule has 0 saturated carbocycles. The summed E-state index contributed by atoms with van der Waals surface area (Å²) in [6.07, 6.45) is 0. The van der Waals surface area contributed by atoms with Crippen LogP contribution in [0.15, 0.2) is 253 Å². The maximum atomic E-state index is 6.68. The lowest BCUT2D eigenvalue weighted by Gasteiger charge is -2.31. The molecule has 2 heteroatoms. The van der Waals surface area contributed by atoms with Crippen molar-refractivity contribution in [3.63, 3.8) is 0 Å². The predicted molar refractivity (Wildman–Crippen MR) is 299 cm³/mol. The molecule has 1 heterocycles. The fourth-order valence-electron chi connectivity index (χ4n) is 13.1. The first-order chi connectivity index (χ1) is 35.5. The van der Waals surface area contributed by atoms with Crippen LogP contribution in [0.5, 0.6) is 0 Å². The van der Waals surface area contributed by atoms with Gasteiger partial charge in [0.2, 0.25) is 0 Å². The van der Waals surface area contributed by atoms with E-state index in [0.29, 0.717) is 0 Å². The van der Waals surface area contributed by atoms with E-state index in [0.717, 1.165) is 50.1 Å². The summed E-state index contributed by atoms with van der Waals surface area (Å²) < 4.78 is 6.68. The summed E-state index contributed by atoms with van der Waals surface area (Å²) in [6.45, 7) is 4.74. The van der Waals surface area contributed by atoms with Gasteiger partial charge in [-0.2, -0.15) is 0 Å². The molecule has 11 aromatic carbocycles. The van der Waals surface area contributed by atoms with Crippen molar-refractivity contribution < 1.29 is 4.42 Å².